The maximum absolute atomic E-state index is 13.3. The normalized spacial score (nSPS) is 10.6. The van der Waals surface area contributed by atoms with Gasteiger partial charge < -0.3 is 9.47 Å². The van der Waals surface area contributed by atoms with E-state index in [4.69, 9.17) is 9.47 Å². The van der Waals surface area contributed by atoms with Crippen LogP contribution in [0.2, 0.25) is 0 Å². The number of pyridine rings is 1. The Kier molecular flexibility index (Phi) is 6.85. The quantitative estimate of drug-likeness (QED) is 0.545. The fraction of sp³-hybridized carbons (Fsp3) is 0.250. The second-order valence-electron chi connectivity index (χ2n) is 7.16. The number of amides is 1. The number of rotatable bonds is 8. The zero-order valence-corrected chi connectivity index (χ0v) is 17.0. The number of carbonyl (C=O) groups is 1. The van der Waals surface area contributed by atoms with Crippen molar-refractivity contribution in [3.63, 3.8) is 0 Å². The summed E-state index contributed by atoms with van der Waals surface area (Å²) in [5, 5.41) is 0. The highest BCUT2D eigenvalue weighted by Crippen LogP contribution is 2.21. The van der Waals surface area contributed by atoms with E-state index in [2.05, 4.69) is 18.8 Å². The first-order valence-electron chi connectivity index (χ1n) is 9.65. The second kappa shape index (κ2) is 9.73. The first-order chi connectivity index (χ1) is 14.1. The number of benzene rings is 2. The minimum atomic E-state index is -0.116. The van der Waals surface area contributed by atoms with Gasteiger partial charge in [-0.2, -0.15) is 0 Å². The number of methoxy groups -OCH3 is 1. The van der Waals surface area contributed by atoms with Crippen molar-refractivity contribution >= 4 is 11.7 Å². The molecule has 0 bridgehead atoms. The lowest BCUT2D eigenvalue weighted by atomic mass is 10.1. The van der Waals surface area contributed by atoms with Crippen molar-refractivity contribution in [1.29, 1.82) is 0 Å². The Hall–Kier alpha value is -3.34. The smallest absolute Gasteiger partial charge is 0.259 e. The minimum Gasteiger partial charge on any atom is -0.497 e. The first-order valence-corrected chi connectivity index (χ1v) is 9.65. The van der Waals surface area contributed by atoms with Gasteiger partial charge in [-0.05, 0) is 60.0 Å². The molecule has 0 saturated heterocycles. The number of carbonyl (C=O) groups excluding carboxylic acids is 1. The summed E-state index contributed by atoms with van der Waals surface area (Å²) in [5.41, 5.74) is 1.57. The highest BCUT2D eigenvalue weighted by molar-refractivity contribution is 6.05. The van der Waals surface area contributed by atoms with Gasteiger partial charge in [0.1, 0.15) is 17.3 Å². The fourth-order valence-electron chi connectivity index (χ4n) is 2.80. The van der Waals surface area contributed by atoms with Gasteiger partial charge in [-0.3, -0.25) is 9.69 Å². The molecule has 5 nitrogen and oxygen atoms in total. The molecule has 0 fully saturated rings. The summed E-state index contributed by atoms with van der Waals surface area (Å²) in [6.07, 6.45) is 1.69. The van der Waals surface area contributed by atoms with Crippen molar-refractivity contribution < 1.29 is 14.3 Å². The maximum atomic E-state index is 13.3. The third kappa shape index (κ3) is 5.57. The van der Waals surface area contributed by atoms with Gasteiger partial charge in [-0.15, -0.1) is 0 Å². The molecule has 0 spiro atoms. The molecule has 150 valence electrons. The number of hydrogen-bond donors (Lipinski definition) is 0. The van der Waals surface area contributed by atoms with Crippen molar-refractivity contribution in [2.24, 2.45) is 5.92 Å². The van der Waals surface area contributed by atoms with Crippen LogP contribution in [0.25, 0.3) is 0 Å². The van der Waals surface area contributed by atoms with E-state index < -0.39 is 0 Å². The van der Waals surface area contributed by atoms with Crippen LogP contribution in [-0.4, -0.2) is 24.6 Å². The van der Waals surface area contributed by atoms with E-state index in [0.717, 1.165) is 17.1 Å². The van der Waals surface area contributed by atoms with Crippen molar-refractivity contribution in [3.05, 3.63) is 84.1 Å². The Morgan fingerprint density at radius 2 is 1.66 bits per heavy atom. The van der Waals surface area contributed by atoms with Gasteiger partial charge >= 0.3 is 0 Å². The number of hydrogen-bond acceptors (Lipinski definition) is 4. The minimum absolute atomic E-state index is 0.116. The molecular weight excluding hydrogens is 364 g/mol. The van der Waals surface area contributed by atoms with Gasteiger partial charge in [0.05, 0.1) is 20.3 Å². The predicted octanol–water partition coefficient (Wildman–Crippen LogP) is 4.97. The van der Waals surface area contributed by atoms with E-state index in [1.807, 2.05) is 54.6 Å². The summed E-state index contributed by atoms with van der Waals surface area (Å²) in [6, 6.07) is 20.5. The van der Waals surface area contributed by atoms with Crippen LogP contribution in [0, 0.1) is 5.92 Å². The molecule has 0 atom stereocenters. The molecule has 0 unspecified atom stereocenters. The summed E-state index contributed by atoms with van der Waals surface area (Å²) in [7, 11) is 1.63. The molecule has 1 amide bonds. The van der Waals surface area contributed by atoms with E-state index in [1.165, 1.54) is 0 Å². The molecule has 0 N–H and O–H groups in total. The number of aromatic nitrogens is 1. The van der Waals surface area contributed by atoms with E-state index >= 15 is 0 Å². The first kappa shape index (κ1) is 20.4. The zero-order chi connectivity index (χ0) is 20.6. The molecule has 2 aromatic carbocycles. The summed E-state index contributed by atoms with van der Waals surface area (Å²) >= 11 is 0. The van der Waals surface area contributed by atoms with Crippen molar-refractivity contribution in [1.82, 2.24) is 4.98 Å². The van der Waals surface area contributed by atoms with Crippen molar-refractivity contribution in [3.8, 4) is 11.5 Å². The molecule has 5 heteroatoms. The number of nitrogens with zero attached hydrogens (tertiary/aromatic N) is 2. The van der Waals surface area contributed by atoms with E-state index in [-0.39, 0.29) is 5.91 Å². The van der Waals surface area contributed by atoms with Gasteiger partial charge in [0, 0.05) is 11.8 Å². The largest absolute Gasteiger partial charge is 0.497 e. The molecule has 1 heterocycles. The summed E-state index contributed by atoms with van der Waals surface area (Å²) in [5.74, 6) is 2.47. The lowest BCUT2D eigenvalue weighted by Gasteiger charge is -2.22. The molecule has 0 saturated carbocycles. The van der Waals surface area contributed by atoms with Crippen LogP contribution in [-0.2, 0) is 6.54 Å². The van der Waals surface area contributed by atoms with Gasteiger partial charge in [-0.25, -0.2) is 4.98 Å². The molecule has 3 aromatic rings. The predicted molar refractivity (Wildman–Crippen MR) is 115 cm³/mol. The van der Waals surface area contributed by atoms with Gasteiger partial charge in [-0.1, -0.05) is 32.0 Å². The highest BCUT2D eigenvalue weighted by atomic mass is 16.5. The molecule has 1 aromatic heterocycles. The Morgan fingerprint density at radius 1 is 0.966 bits per heavy atom. The van der Waals surface area contributed by atoms with Crippen LogP contribution >= 0.6 is 0 Å². The Labute approximate surface area is 171 Å². The van der Waals surface area contributed by atoms with Crippen LogP contribution in [0.5, 0.6) is 11.5 Å². The third-order valence-electron chi connectivity index (χ3n) is 4.36. The monoisotopic (exact) mass is 390 g/mol. The fourth-order valence-corrected chi connectivity index (χ4v) is 2.80. The van der Waals surface area contributed by atoms with Crippen molar-refractivity contribution in [2.45, 2.75) is 20.4 Å². The average Bonchev–Trinajstić information content (AvgIpc) is 2.77. The summed E-state index contributed by atoms with van der Waals surface area (Å²) < 4.78 is 10.9. The van der Waals surface area contributed by atoms with E-state index in [0.29, 0.717) is 30.5 Å². The molecule has 3 rings (SSSR count). The molecule has 0 aliphatic carbocycles. The SMILES string of the molecule is COc1ccc(CN(C(=O)c2ccc(OCC(C)C)cc2)c2ccccn2)cc1. The van der Waals surface area contributed by atoms with E-state index in [9.17, 15) is 4.79 Å². The lowest BCUT2D eigenvalue weighted by molar-refractivity contribution is 0.0984. The van der Waals surface area contributed by atoms with Crippen LogP contribution in [0.1, 0.15) is 29.8 Å². The van der Waals surface area contributed by atoms with Gasteiger partial charge in [0.2, 0.25) is 0 Å². The third-order valence-corrected chi connectivity index (χ3v) is 4.36. The number of anilines is 1. The molecule has 0 radical (unpaired) electrons. The Morgan fingerprint density at radius 3 is 2.24 bits per heavy atom. The Balaban J connectivity index is 1.82. The Bertz CT molecular complexity index is 907. The van der Waals surface area contributed by atoms with Gasteiger partial charge in [0.15, 0.2) is 0 Å². The molecular formula is C24H26N2O3. The van der Waals surface area contributed by atoms with E-state index in [1.54, 1.807) is 30.3 Å². The zero-order valence-electron chi connectivity index (χ0n) is 17.0. The molecule has 0 aliphatic rings. The lowest BCUT2D eigenvalue weighted by Crippen LogP contribution is -2.31. The second-order valence-corrected chi connectivity index (χ2v) is 7.16. The number of ether oxygens (including phenoxy) is 2. The standard InChI is InChI=1S/C24H26N2O3/c1-18(2)17-29-22-13-9-20(10-14-22)24(27)26(23-6-4-5-15-25-23)16-19-7-11-21(28-3)12-8-19/h4-15,18H,16-17H2,1-3H3. The van der Waals surface area contributed by atoms with Gasteiger partial charge in [0.25, 0.3) is 5.91 Å². The molecule has 29 heavy (non-hydrogen) atoms. The van der Waals surface area contributed by atoms with Crippen molar-refractivity contribution in [2.75, 3.05) is 18.6 Å². The topological polar surface area (TPSA) is 51.7 Å². The molecule has 0 aliphatic heterocycles. The van der Waals surface area contributed by atoms with Crippen LogP contribution < -0.4 is 14.4 Å². The highest BCUT2D eigenvalue weighted by Gasteiger charge is 2.19. The van der Waals surface area contributed by atoms with Crippen LogP contribution in [0.4, 0.5) is 5.82 Å². The maximum Gasteiger partial charge on any atom is 0.259 e. The average molecular weight is 390 g/mol. The van der Waals surface area contributed by atoms with Crippen LogP contribution in [0.3, 0.4) is 0 Å². The van der Waals surface area contributed by atoms with Crippen LogP contribution in [0.15, 0.2) is 72.9 Å². The summed E-state index contributed by atoms with van der Waals surface area (Å²) in [4.78, 5) is 19.3. The summed E-state index contributed by atoms with van der Waals surface area (Å²) in [6.45, 7) is 5.25.